The lowest BCUT2D eigenvalue weighted by atomic mass is 10.1. The van der Waals surface area contributed by atoms with Gasteiger partial charge in [0.2, 0.25) is 5.91 Å². The molecule has 0 aliphatic carbocycles. The first-order valence-corrected chi connectivity index (χ1v) is 7.53. The average Bonchev–Trinajstić information content (AvgIpc) is 2.56. The molecule has 0 bridgehead atoms. The molecule has 2 rings (SSSR count). The van der Waals surface area contributed by atoms with E-state index in [4.69, 9.17) is 11.6 Å². The molecule has 0 unspecified atom stereocenters. The van der Waals surface area contributed by atoms with E-state index in [-0.39, 0.29) is 0 Å². The summed E-state index contributed by atoms with van der Waals surface area (Å²) >= 11 is 5.97. The monoisotopic (exact) mass is 331 g/mol. The summed E-state index contributed by atoms with van der Waals surface area (Å²) in [6.07, 6.45) is 0. The standard InChI is InChI=1S/C17H18ClN3O2/c1-19-17(23)21-16(22)15(13-7-3-2-4-8-13)20-11-12-6-5-9-14(18)10-12/h2-10,15,20H,11H2,1H3,(H2,19,21,22,23)/t15-/m1/s1. The van der Waals surface area contributed by atoms with Crippen molar-refractivity contribution >= 4 is 23.5 Å². The second-order valence-corrected chi connectivity index (χ2v) is 5.36. The average molecular weight is 332 g/mol. The van der Waals surface area contributed by atoms with Crippen LogP contribution >= 0.6 is 11.6 Å². The second kappa shape index (κ2) is 8.31. The molecule has 0 aliphatic heterocycles. The fourth-order valence-electron chi connectivity index (χ4n) is 2.12. The molecule has 0 saturated heterocycles. The van der Waals surface area contributed by atoms with Crippen LogP contribution in [0.25, 0.3) is 0 Å². The summed E-state index contributed by atoms with van der Waals surface area (Å²) in [5.74, 6) is -0.419. The number of urea groups is 1. The highest BCUT2D eigenvalue weighted by atomic mass is 35.5. The van der Waals surface area contributed by atoms with E-state index in [2.05, 4.69) is 16.0 Å². The number of carbonyl (C=O) groups is 2. The summed E-state index contributed by atoms with van der Waals surface area (Å²) in [6.45, 7) is 0.446. The largest absolute Gasteiger partial charge is 0.341 e. The summed E-state index contributed by atoms with van der Waals surface area (Å²) in [6, 6.07) is 15.4. The predicted octanol–water partition coefficient (Wildman–Crippen LogP) is 2.63. The van der Waals surface area contributed by atoms with Crippen LogP contribution in [0.15, 0.2) is 54.6 Å². The molecule has 0 fully saturated rings. The summed E-state index contributed by atoms with van der Waals surface area (Å²) in [5.41, 5.74) is 1.72. The fourth-order valence-corrected chi connectivity index (χ4v) is 2.33. The van der Waals surface area contributed by atoms with Crippen molar-refractivity contribution in [1.29, 1.82) is 0 Å². The number of amides is 3. The van der Waals surface area contributed by atoms with Crippen LogP contribution < -0.4 is 16.0 Å². The van der Waals surface area contributed by atoms with Crippen molar-refractivity contribution in [2.75, 3.05) is 7.05 Å². The fraction of sp³-hybridized carbons (Fsp3) is 0.176. The Morgan fingerprint density at radius 3 is 2.48 bits per heavy atom. The van der Waals surface area contributed by atoms with Gasteiger partial charge < -0.3 is 5.32 Å². The van der Waals surface area contributed by atoms with E-state index in [0.717, 1.165) is 11.1 Å². The molecule has 23 heavy (non-hydrogen) atoms. The molecule has 6 heteroatoms. The van der Waals surface area contributed by atoms with Crippen LogP contribution in [-0.4, -0.2) is 19.0 Å². The number of rotatable bonds is 5. The third kappa shape index (κ3) is 5.09. The number of benzene rings is 2. The number of nitrogens with one attached hydrogen (secondary N) is 3. The smallest absolute Gasteiger partial charge is 0.321 e. The van der Waals surface area contributed by atoms with E-state index in [1.165, 1.54) is 7.05 Å². The third-order valence-corrected chi connectivity index (χ3v) is 3.49. The first-order valence-electron chi connectivity index (χ1n) is 7.15. The lowest BCUT2D eigenvalue weighted by Gasteiger charge is -2.18. The maximum absolute atomic E-state index is 12.3. The van der Waals surface area contributed by atoms with E-state index in [1.807, 2.05) is 48.5 Å². The number of halogens is 1. The molecule has 0 heterocycles. The van der Waals surface area contributed by atoms with Crippen LogP contribution in [0, 0.1) is 0 Å². The molecular weight excluding hydrogens is 314 g/mol. The van der Waals surface area contributed by atoms with Gasteiger partial charge in [0.25, 0.3) is 0 Å². The van der Waals surface area contributed by atoms with Crippen molar-refractivity contribution in [2.24, 2.45) is 0 Å². The molecule has 120 valence electrons. The zero-order chi connectivity index (χ0) is 16.7. The first-order chi connectivity index (χ1) is 11.1. The van der Waals surface area contributed by atoms with Gasteiger partial charge in [-0.05, 0) is 23.3 Å². The number of hydrogen-bond donors (Lipinski definition) is 3. The highest BCUT2D eigenvalue weighted by Gasteiger charge is 2.21. The molecular formula is C17H18ClN3O2. The van der Waals surface area contributed by atoms with Gasteiger partial charge in [-0.1, -0.05) is 54.1 Å². The lowest BCUT2D eigenvalue weighted by molar-refractivity contribution is -0.122. The molecule has 0 radical (unpaired) electrons. The number of imide groups is 1. The van der Waals surface area contributed by atoms with Crippen molar-refractivity contribution in [2.45, 2.75) is 12.6 Å². The molecule has 0 aromatic heterocycles. The van der Waals surface area contributed by atoms with Crippen molar-refractivity contribution in [3.8, 4) is 0 Å². The van der Waals surface area contributed by atoms with E-state index in [0.29, 0.717) is 11.6 Å². The molecule has 3 amide bonds. The SMILES string of the molecule is CNC(=O)NC(=O)[C@H](NCc1cccc(Cl)c1)c1ccccc1. The molecule has 2 aromatic carbocycles. The van der Waals surface area contributed by atoms with Crippen molar-refractivity contribution in [1.82, 2.24) is 16.0 Å². The van der Waals surface area contributed by atoms with Crippen LogP contribution in [0.2, 0.25) is 5.02 Å². The summed E-state index contributed by atoms with van der Waals surface area (Å²) in [5, 5.41) is 8.46. The Bertz CT molecular complexity index is 677. The van der Waals surface area contributed by atoms with E-state index in [9.17, 15) is 9.59 Å². The Balaban J connectivity index is 2.13. The third-order valence-electron chi connectivity index (χ3n) is 3.26. The molecule has 3 N–H and O–H groups in total. The molecule has 0 saturated carbocycles. The van der Waals surface area contributed by atoms with Crippen LogP contribution in [-0.2, 0) is 11.3 Å². The quantitative estimate of drug-likeness (QED) is 0.788. The first kappa shape index (κ1) is 17.0. The minimum atomic E-state index is -0.646. The highest BCUT2D eigenvalue weighted by Crippen LogP contribution is 2.15. The molecule has 0 spiro atoms. The Kier molecular flexibility index (Phi) is 6.14. The normalized spacial score (nSPS) is 11.6. The lowest BCUT2D eigenvalue weighted by Crippen LogP contribution is -2.43. The Labute approximate surface area is 140 Å². The second-order valence-electron chi connectivity index (χ2n) is 4.92. The van der Waals surface area contributed by atoms with Crippen LogP contribution in [0.1, 0.15) is 17.2 Å². The van der Waals surface area contributed by atoms with Gasteiger partial charge in [-0.3, -0.25) is 15.4 Å². The maximum atomic E-state index is 12.3. The zero-order valence-corrected chi connectivity index (χ0v) is 13.4. The van der Waals surface area contributed by atoms with Gasteiger partial charge >= 0.3 is 6.03 Å². The molecule has 5 nitrogen and oxygen atoms in total. The van der Waals surface area contributed by atoms with Gasteiger partial charge in [0, 0.05) is 18.6 Å². The van der Waals surface area contributed by atoms with Crippen LogP contribution in [0.5, 0.6) is 0 Å². The van der Waals surface area contributed by atoms with Gasteiger partial charge in [-0.25, -0.2) is 4.79 Å². The van der Waals surface area contributed by atoms with Gasteiger partial charge in [-0.15, -0.1) is 0 Å². The van der Waals surface area contributed by atoms with E-state index in [1.54, 1.807) is 6.07 Å². The summed E-state index contributed by atoms with van der Waals surface area (Å²) < 4.78 is 0. The molecule has 1 atom stereocenters. The van der Waals surface area contributed by atoms with Gasteiger partial charge in [0.1, 0.15) is 6.04 Å². The molecule has 2 aromatic rings. The minimum absolute atomic E-state index is 0.419. The van der Waals surface area contributed by atoms with Crippen LogP contribution in [0.4, 0.5) is 4.79 Å². The maximum Gasteiger partial charge on any atom is 0.321 e. The van der Waals surface area contributed by atoms with Gasteiger partial charge in [0.15, 0.2) is 0 Å². The topological polar surface area (TPSA) is 70.2 Å². The Morgan fingerprint density at radius 1 is 1.09 bits per heavy atom. The Morgan fingerprint density at radius 2 is 1.83 bits per heavy atom. The van der Waals surface area contributed by atoms with Gasteiger partial charge in [-0.2, -0.15) is 0 Å². The van der Waals surface area contributed by atoms with E-state index >= 15 is 0 Å². The van der Waals surface area contributed by atoms with Gasteiger partial charge in [0.05, 0.1) is 0 Å². The van der Waals surface area contributed by atoms with Crippen molar-refractivity contribution < 1.29 is 9.59 Å². The van der Waals surface area contributed by atoms with Crippen molar-refractivity contribution in [3.05, 3.63) is 70.7 Å². The summed E-state index contributed by atoms with van der Waals surface area (Å²) in [7, 11) is 1.46. The minimum Gasteiger partial charge on any atom is -0.341 e. The summed E-state index contributed by atoms with van der Waals surface area (Å²) in [4.78, 5) is 23.7. The predicted molar refractivity (Wildman–Crippen MR) is 90.1 cm³/mol. The zero-order valence-electron chi connectivity index (χ0n) is 12.7. The highest BCUT2D eigenvalue weighted by molar-refractivity contribution is 6.30. The molecule has 0 aliphatic rings. The number of hydrogen-bond acceptors (Lipinski definition) is 3. The van der Waals surface area contributed by atoms with Crippen molar-refractivity contribution in [3.63, 3.8) is 0 Å². The van der Waals surface area contributed by atoms with Crippen LogP contribution in [0.3, 0.4) is 0 Å². The number of carbonyl (C=O) groups excluding carboxylic acids is 2. The van der Waals surface area contributed by atoms with E-state index < -0.39 is 18.0 Å². The Hall–Kier alpha value is -2.37.